The molecule has 0 amide bonds. The number of thiophene rings is 1. The summed E-state index contributed by atoms with van der Waals surface area (Å²) in [5.41, 5.74) is 23.5. The zero-order chi connectivity index (χ0) is 70.5. The highest BCUT2D eigenvalue weighted by atomic mass is 32.1. The summed E-state index contributed by atoms with van der Waals surface area (Å²) in [7, 11) is 0. The fourth-order valence-corrected chi connectivity index (χ4v) is 18.1. The lowest BCUT2D eigenvalue weighted by atomic mass is 10.0. The quantitative estimate of drug-likeness (QED) is 0.129. The Labute approximate surface area is 621 Å². The molecule has 0 saturated heterocycles. The number of nitrogens with zero attached hydrogens (tertiary/aromatic N) is 5. The zero-order valence-corrected chi connectivity index (χ0v) is 58.9. The minimum atomic E-state index is 0.852. The van der Waals surface area contributed by atoms with E-state index in [1.165, 1.54) is 113 Å². The van der Waals surface area contributed by atoms with Crippen molar-refractivity contribution in [1.82, 2.24) is 13.7 Å². The molecule has 502 valence electrons. The summed E-state index contributed by atoms with van der Waals surface area (Å²) in [4.78, 5) is 4.83. The normalized spacial score (nSPS) is 11.7. The Morgan fingerprint density at radius 2 is 0.682 bits per heavy atom. The summed E-state index contributed by atoms with van der Waals surface area (Å²) in [6, 6.07) is 142. The van der Waals surface area contributed by atoms with Gasteiger partial charge >= 0.3 is 0 Å². The molecule has 22 aromatic rings. The van der Waals surface area contributed by atoms with Crippen LogP contribution in [-0.4, -0.2) is 13.7 Å². The molecule has 0 fully saturated rings. The Bertz CT molecular complexity index is 7090. The molecule has 0 aliphatic rings. The zero-order valence-electron chi connectivity index (χ0n) is 58.1. The fourth-order valence-electron chi connectivity index (χ4n) is 16.8. The number of anilines is 6. The van der Waals surface area contributed by atoms with Crippen LogP contribution in [0.25, 0.3) is 158 Å². The third kappa shape index (κ3) is 10.2. The van der Waals surface area contributed by atoms with Gasteiger partial charge in [-0.3, -0.25) is 0 Å². The van der Waals surface area contributed by atoms with E-state index in [2.05, 4.69) is 412 Å². The van der Waals surface area contributed by atoms with E-state index in [4.69, 9.17) is 4.42 Å². The molecule has 5 aromatic heterocycles. The monoisotopic (exact) mass is 1380 g/mol. The van der Waals surface area contributed by atoms with E-state index < -0.39 is 0 Å². The molecule has 22 rings (SSSR count). The summed E-state index contributed by atoms with van der Waals surface area (Å²) in [5.74, 6) is 0. The number of aromatic nitrogens is 3. The Balaban J connectivity index is 0.000000138. The van der Waals surface area contributed by atoms with E-state index in [0.717, 1.165) is 78.3 Å². The SMILES string of the molecule is c1ccc(-c2ccc(N(c3cccc(-c4ccccc4)c3)c3ccc(-n4c5ccccc5c5ccccc54)c4oc5ccccc5c34)cc2)cc1.c1ccc(N(c2ccc3c(c2)c2c4ccccc4ccc2n3-c2ccccc2)c2cccc3c2sc2c(-n4c5ccccc5c5ccccc54)cccc23)cc1. The summed E-state index contributed by atoms with van der Waals surface area (Å²) >= 11 is 1.89. The van der Waals surface area contributed by atoms with Gasteiger partial charge < -0.3 is 27.9 Å². The average Bonchev–Trinajstić information content (AvgIpc) is 1.59. The maximum atomic E-state index is 6.89. The van der Waals surface area contributed by atoms with Crippen molar-refractivity contribution in [2.45, 2.75) is 0 Å². The Morgan fingerprint density at radius 1 is 0.234 bits per heavy atom. The predicted octanol–water partition coefficient (Wildman–Crippen LogP) is 28.4. The van der Waals surface area contributed by atoms with Crippen molar-refractivity contribution in [3.05, 3.63) is 394 Å². The first-order valence-electron chi connectivity index (χ1n) is 36.5. The minimum absolute atomic E-state index is 0.852. The number of benzene rings is 17. The van der Waals surface area contributed by atoms with Crippen LogP contribution >= 0.6 is 11.3 Å². The van der Waals surface area contributed by atoms with E-state index in [1.807, 2.05) is 17.4 Å². The first kappa shape index (κ1) is 61.7. The number of furan rings is 1. The van der Waals surface area contributed by atoms with Crippen molar-refractivity contribution in [3.63, 3.8) is 0 Å². The van der Waals surface area contributed by atoms with Gasteiger partial charge in [0.15, 0.2) is 5.58 Å². The van der Waals surface area contributed by atoms with Crippen LogP contribution in [0.2, 0.25) is 0 Å². The van der Waals surface area contributed by atoms with Crippen molar-refractivity contribution in [2.75, 3.05) is 9.80 Å². The molecule has 0 aliphatic carbocycles. The van der Waals surface area contributed by atoms with Gasteiger partial charge in [0.05, 0.1) is 70.6 Å². The van der Waals surface area contributed by atoms with Crippen molar-refractivity contribution in [2.24, 2.45) is 0 Å². The average molecular weight is 1380 g/mol. The van der Waals surface area contributed by atoms with Gasteiger partial charge in [-0.05, 0) is 160 Å². The number of fused-ring (bicyclic) bond motifs is 17. The largest absolute Gasteiger partial charge is 0.454 e. The topological polar surface area (TPSA) is 34.4 Å². The standard InChI is InChI=1S/C52H33N3S.C48H32N2O/c1-3-16-35(17-4-1)53(37-30-32-46-43(33-37)50-38-20-8-7-15-34(38)29-31-47(50)54(46)36-18-5-2-6-19-36)48-27-13-23-41-42-24-14-28-49(52(42)56-51(41)48)55-44-25-11-9-21-39(44)40-22-10-12-26-45(40)55;1-3-14-33(15-4-1)35-26-28-37(29-27-35)49(38-19-13-18-36(32-38)34-16-5-2-6-17-34)44-30-31-45(48-47(44)41-22-9-12-25-46(41)51-48)50-42-23-10-7-20-39(42)40-21-8-11-24-43(40)50/h1-33H;1-32H. The Morgan fingerprint density at radius 3 is 1.35 bits per heavy atom. The van der Waals surface area contributed by atoms with E-state index in [-0.39, 0.29) is 0 Å². The van der Waals surface area contributed by atoms with Gasteiger partial charge in [-0.15, -0.1) is 11.3 Å². The smallest absolute Gasteiger partial charge is 0.161 e. The molecule has 7 heteroatoms. The van der Waals surface area contributed by atoms with Crippen LogP contribution in [0.15, 0.2) is 399 Å². The van der Waals surface area contributed by atoms with Gasteiger partial charge in [0.1, 0.15) is 5.58 Å². The molecule has 5 heterocycles. The van der Waals surface area contributed by atoms with E-state index in [9.17, 15) is 0 Å². The second-order valence-electron chi connectivity index (χ2n) is 27.4. The maximum Gasteiger partial charge on any atom is 0.161 e. The van der Waals surface area contributed by atoms with Crippen LogP contribution in [0.1, 0.15) is 0 Å². The third-order valence-electron chi connectivity index (χ3n) is 21.5. The summed E-state index contributed by atoms with van der Waals surface area (Å²) in [6.45, 7) is 0. The van der Waals surface area contributed by atoms with Crippen molar-refractivity contribution >= 4 is 164 Å². The second-order valence-corrected chi connectivity index (χ2v) is 28.5. The first-order chi connectivity index (χ1) is 53.1. The van der Waals surface area contributed by atoms with Gasteiger partial charge in [-0.2, -0.15) is 0 Å². The maximum absolute atomic E-state index is 6.89. The van der Waals surface area contributed by atoms with Crippen LogP contribution in [-0.2, 0) is 0 Å². The van der Waals surface area contributed by atoms with E-state index in [1.54, 1.807) is 0 Å². The Hall–Kier alpha value is -14.0. The van der Waals surface area contributed by atoms with Crippen molar-refractivity contribution in [3.8, 4) is 39.3 Å². The molecule has 0 spiro atoms. The second kappa shape index (κ2) is 25.5. The summed E-state index contributed by atoms with van der Waals surface area (Å²) in [5, 5.41) is 14.7. The van der Waals surface area contributed by atoms with Gasteiger partial charge in [-0.25, -0.2) is 0 Å². The van der Waals surface area contributed by atoms with Gasteiger partial charge in [0.25, 0.3) is 0 Å². The third-order valence-corrected chi connectivity index (χ3v) is 22.7. The molecule has 0 saturated carbocycles. The lowest BCUT2D eigenvalue weighted by Gasteiger charge is -2.27. The molecule has 0 bridgehead atoms. The molecule has 0 aliphatic heterocycles. The Kier molecular flexibility index (Phi) is 14.7. The molecular formula is C100H65N5OS. The lowest BCUT2D eigenvalue weighted by Crippen LogP contribution is -2.11. The summed E-state index contributed by atoms with van der Waals surface area (Å²) in [6.07, 6.45) is 0. The highest BCUT2D eigenvalue weighted by Crippen LogP contribution is 2.51. The molecule has 6 nitrogen and oxygen atoms in total. The molecule has 0 N–H and O–H groups in total. The summed E-state index contributed by atoms with van der Waals surface area (Å²) < 4.78 is 16.7. The molecule has 17 aromatic carbocycles. The van der Waals surface area contributed by atoms with Crippen LogP contribution in [0, 0.1) is 0 Å². The van der Waals surface area contributed by atoms with Gasteiger partial charge in [0, 0.05) is 76.9 Å². The van der Waals surface area contributed by atoms with Crippen LogP contribution in [0.3, 0.4) is 0 Å². The number of hydrogen-bond donors (Lipinski definition) is 0. The van der Waals surface area contributed by atoms with Gasteiger partial charge in [0.2, 0.25) is 0 Å². The van der Waals surface area contributed by atoms with Crippen molar-refractivity contribution in [1.29, 1.82) is 0 Å². The van der Waals surface area contributed by atoms with E-state index >= 15 is 0 Å². The fraction of sp³-hybridized carbons (Fsp3) is 0. The predicted molar refractivity (Wildman–Crippen MR) is 454 cm³/mol. The van der Waals surface area contributed by atoms with Crippen molar-refractivity contribution < 1.29 is 4.42 Å². The minimum Gasteiger partial charge on any atom is -0.454 e. The number of rotatable bonds is 11. The molecule has 107 heavy (non-hydrogen) atoms. The first-order valence-corrected chi connectivity index (χ1v) is 37.3. The number of hydrogen-bond acceptors (Lipinski definition) is 4. The molecular weight excluding hydrogens is 1320 g/mol. The van der Waals surface area contributed by atoms with Crippen LogP contribution in [0.5, 0.6) is 0 Å². The molecule has 0 atom stereocenters. The highest BCUT2D eigenvalue weighted by Gasteiger charge is 2.27. The highest BCUT2D eigenvalue weighted by molar-refractivity contribution is 7.26. The van der Waals surface area contributed by atoms with Crippen LogP contribution in [0.4, 0.5) is 34.1 Å². The molecule has 0 radical (unpaired) electrons. The molecule has 0 unspecified atom stereocenters. The van der Waals surface area contributed by atoms with E-state index in [0.29, 0.717) is 0 Å². The lowest BCUT2D eigenvalue weighted by molar-refractivity contribution is 0.666. The van der Waals surface area contributed by atoms with Gasteiger partial charge in [-0.1, -0.05) is 267 Å². The number of para-hydroxylation sites is 7. The van der Waals surface area contributed by atoms with Crippen LogP contribution < -0.4 is 9.80 Å².